The molecule has 0 heteroatoms. The van der Waals surface area contributed by atoms with Gasteiger partial charge in [-0.1, -0.05) is 77.8 Å². The molecule has 0 aliphatic rings. The molecule has 0 radical (unpaired) electrons. The van der Waals surface area contributed by atoms with Crippen LogP contribution in [0.2, 0.25) is 0 Å². The molecular weight excluding hydrogens is 216 g/mol. The summed E-state index contributed by atoms with van der Waals surface area (Å²) in [6, 6.07) is 11.1. The first-order chi connectivity index (χ1) is 8.48. The van der Waals surface area contributed by atoms with Gasteiger partial charge in [-0.3, -0.25) is 0 Å². The number of hydrogen-bond donors (Lipinski definition) is 0. The van der Waals surface area contributed by atoms with E-state index in [1.54, 1.807) is 0 Å². The van der Waals surface area contributed by atoms with Gasteiger partial charge in [-0.05, 0) is 35.7 Å². The summed E-state index contributed by atoms with van der Waals surface area (Å²) in [5.74, 6) is 1.60. The van der Waals surface area contributed by atoms with Crippen molar-refractivity contribution in [2.75, 3.05) is 0 Å². The van der Waals surface area contributed by atoms with Gasteiger partial charge in [0.25, 0.3) is 0 Å². The molecule has 2 unspecified atom stereocenters. The molecule has 0 aromatic heterocycles. The summed E-state index contributed by atoms with van der Waals surface area (Å²) in [4.78, 5) is 0. The predicted octanol–water partition coefficient (Wildman–Crippen LogP) is 5.82. The van der Waals surface area contributed by atoms with E-state index in [4.69, 9.17) is 0 Å². The van der Waals surface area contributed by atoms with Gasteiger partial charge in [-0.25, -0.2) is 0 Å². The second-order valence-corrected chi connectivity index (χ2v) is 6.58. The molecule has 0 N–H and O–H groups in total. The van der Waals surface area contributed by atoms with Crippen molar-refractivity contribution >= 4 is 0 Å². The predicted molar refractivity (Wildman–Crippen MR) is 81.9 cm³/mol. The van der Waals surface area contributed by atoms with Crippen molar-refractivity contribution in [2.45, 2.75) is 65.7 Å². The van der Waals surface area contributed by atoms with Crippen LogP contribution in [-0.4, -0.2) is 0 Å². The van der Waals surface area contributed by atoms with Crippen LogP contribution in [0.3, 0.4) is 0 Å². The lowest BCUT2D eigenvalue weighted by Crippen LogP contribution is -2.25. The fourth-order valence-electron chi connectivity index (χ4n) is 2.73. The summed E-state index contributed by atoms with van der Waals surface area (Å²) in [7, 11) is 0. The standard InChI is InChI=1S/C18H30/c1-6-16(4)14-18(5,13-12-15(2)3)17-10-8-7-9-11-17/h7-11,15-16H,6,12-14H2,1-5H3. The smallest absolute Gasteiger partial charge is 0.00726 e. The molecule has 0 fully saturated rings. The quantitative estimate of drug-likeness (QED) is 0.569. The van der Waals surface area contributed by atoms with Crippen LogP contribution in [0.15, 0.2) is 30.3 Å². The fraction of sp³-hybridized carbons (Fsp3) is 0.667. The molecular formula is C18H30. The molecule has 102 valence electrons. The Balaban J connectivity index is 2.86. The van der Waals surface area contributed by atoms with Crippen LogP contribution in [0.25, 0.3) is 0 Å². The van der Waals surface area contributed by atoms with Crippen LogP contribution in [0, 0.1) is 11.8 Å². The van der Waals surface area contributed by atoms with Gasteiger partial charge in [0.15, 0.2) is 0 Å². The van der Waals surface area contributed by atoms with Crippen LogP contribution < -0.4 is 0 Å². The van der Waals surface area contributed by atoms with Gasteiger partial charge in [0.1, 0.15) is 0 Å². The molecule has 18 heavy (non-hydrogen) atoms. The van der Waals surface area contributed by atoms with E-state index in [0.717, 1.165) is 11.8 Å². The third-order valence-electron chi connectivity index (χ3n) is 4.24. The molecule has 0 heterocycles. The topological polar surface area (TPSA) is 0 Å². The molecule has 1 rings (SSSR count). The van der Waals surface area contributed by atoms with Gasteiger partial charge in [0.2, 0.25) is 0 Å². The van der Waals surface area contributed by atoms with Crippen LogP contribution >= 0.6 is 0 Å². The molecule has 0 saturated heterocycles. The summed E-state index contributed by atoms with van der Waals surface area (Å²) < 4.78 is 0. The van der Waals surface area contributed by atoms with Crippen LogP contribution in [-0.2, 0) is 5.41 Å². The second kappa shape index (κ2) is 6.97. The Bertz CT molecular complexity index is 325. The van der Waals surface area contributed by atoms with E-state index in [0.29, 0.717) is 5.41 Å². The van der Waals surface area contributed by atoms with E-state index in [2.05, 4.69) is 65.0 Å². The lowest BCUT2D eigenvalue weighted by molar-refractivity contribution is 0.305. The van der Waals surface area contributed by atoms with Crippen LogP contribution in [0.4, 0.5) is 0 Å². The van der Waals surface area contributed by atoms with Gasteiger partial charge in [-0.2, -0.15) is 0 Å². The van der Waals surface area contributed by atoms with Gasteiger partial charge >= 0.3 is 0 Å². The average molecular weight is 246 g/mol. The molecule has 0 bridgehead atoms. The van der Waals surface area contributed by atoms with Crippen molar-refractivity contribution in [3.63, 3.8) is 0 Å². The molecule has 0 saturated carbocycles. The van der Waals surface area contributed by atoms with E-state index in [9.17, 15) is 0 Å². The van der Waals surface area contributed by atoms with Crippen molar-refractivity contribution in [3.8, 4) is 0 Å². The number of hydrogen-bond acceptors (Lipinski definition) is 0. The molecule has 0 spiro atoms. The zero-order chi connectivity index (χ0) is 13.6. The molecule has 1 aromatic carbocycles. The maximum Gasteiger partial charge on any atom is -0.00726 e. The Hall–Kier alpha value is -0.780. The highest BCUT2D eigenvalue weighted by Crippen LogP contribution is 2.37. The first-order valence-electron chi connectivity index (χ1n) is 7.53. The summed E-state index contributed by atoms with van der Waals surface area (Å²) in [5.41, 5.74) is 1.87. The van der Waals surface area contributed by atoms with Gasteiger partial charge < -0.3 is 0 Å². The molecule has 0 amide bonds. The summed E-state index contributed by atoms with van der Waals surface area (Å²) >= 11 is 0. The maximum absolute atomic E-state index is 2.46. The van der Waals surface area contributed by atoms with E-state index >= 15 is 0 Å². The SMILES string of the molecule is CCC(C)CC(C)(CCC(C)C)c1ccccc1. The molecule has 0 nitrogen and oxygen atoms in total. The zero-order valence-electron chi connectivity index (χ0n) is 12.9. The fourth-order valence-corrected chi connectivity index (χ4v) is 2.73. The normalized spacial score (nSPS) is 16.6. The molecule has 1 aromatic rings. The highest BCUT2D eigenvalue weighted by atomic mass is 14.3. The number of benzene rings is 1. The van der Waals surface area contributed by atoms with Gasteiger partial charge in [-0.15, -0.1) is 0 Å². The van der Waals surface area contributed by atoms with E-state index in [-0.39, 0.29) is 0 Å². The van der Waals surface area contributed by atoms with Crippen LogP contribution in [0.5, 0.6) is 0 Å². The monoisotopic (exact) mass is 246 g/mol. The molecule has 0 aliphatic carbocycles. The van der Waals surface area contributed by atoms with Gasteiger partial charge in [0.05, 0.1) is 0 Å². The first-order valence-corrected chi connectivity index (χ1v) is 7.53. The minimum absolute atomic E-state index is 0.348. The van der Waals surface area contributed by atoms with E-state index in [1.165, 1.54) is 31.2 Å². The summed E-state index contributed by atoms with van der Waals surface area (Å²) in [6.45, 7) is 11.8. The minimum Gasteiger partial charge on any atom is -0.0651 e. The Morgan fingerprint density at radius 2 is 1.67 bits per heavy atom. The van der Waals surface area contributed by atoms with Crippen molar-refractivity contribution in [2.24, 2.45) is 11.8 Å². The third-order valence-corrected chi connectivity index (χ3v) is 4.24. The van der Waals surface area contributed by atoms with E-state index in [1.807, 2.05) is 0 Å². The molecule has 2 atom stereocenters. The highest BCUT2D eigenvalue weighted by molar-refractivity contribution is 5.24. The minimum atomic E-state index is 0.348. The Morgan fingerprint density at radius 3 is 2.17 bits per heavy atom. The Kier molecular flexibility index (Phi) is 5.91. The second-order valence-electron chi connectivity index (χ2n) is 6.58. The third kappa shape index (κ3) is 4.48. The lowest BCUT2D eigenvalue weighted by atomic mass is 9.71. The largest absolute Gasteiger partial charge is 0.0651 e. The van der Waals surface area contributed by atoms with Crippen molar-refractivity contribution in [1.82, 2.24) is 0 Å². The Morgan fingerprint density at radius 1 is 1.06 bits per heavy atom. The first kappa shape index (κ1) is 15.3. The molecule has 0 aliphatic heterocycles. The maximum atomic E-state index is 2.46. The van der Waals surface area contributed by atoms with Gasteiger partial charge in [0, 0.05) is 0 Å². The Labute approximate surface area is 114 Å². The average Bonchev–Trinajstić information content (AvgIpc) is 2.37. The zero-order valence-corrected chi connectivity index (χ0v) is 12.9. The summed E-state index contributed by atoms with van der Waals surface area (Å²) in [5, 5.41) is 0. The van der Waals surface area contributed by atoms with Crippen LogP contribution in [0.1, 0.15) is 65.9 Å². The van der Waals surface area contributed by atoms with E-state index < -0.39 is 0 Å². The highest BCUT2D eigenvalue weighted by Gasteiger charge is 2.28. The summed E-state index contributed by atoms with van der Waals surface area (Å²) in [6.07, 6.45) is 5.21. The van der Waals surface area contributed by atoms with Crippen molar-refractivity contribution < 1.29 is 0 Å². The number of rotatable bonds is 7. The van der Waals surface area contributed by atoms with Crippen molar-refractivity contribution in [1.29, 1.82) is 0 Å². The van der Waals surface area contributed by atoms with Crippen molar-refractivity contribution in [3.05, 3.63) is 35.9 Å². The lowest BCUT2D eigenvalue weighted by Gasteiger charge is -2.33.